The van der Waals surface area contributed by atoms with Crippen molar-refractivity contribution in [2.24, 2.45) is 0 Å². The molecule has 112 valence electrons. The fourth-order valence-electron chi connectivity index (χ4n) is 2.03. The molecule has 1 aromatic rings. The zero-order chi connectivity index (χ0) is 14.4. The van der Waals surface area contributed by atoms with Crippen LogP contribution in [0.3, 0.4) is 0 Å². The Morgan fingerprint density at radius 3 is 2.35 bits per heavy atom. The number of nitrogens with one attached hydrogen (secondary N) is 1. The van der Waals surface area contributed by atoms with Gasteiger partial charge in [-0.25, -0.2) is 0 Å². The van der Waals surface area contributed by atoms with E-state index in [1.807, 2.05) is 0 Å². The molecule has 0 atom stereocenters. The summed E-state index contributed by atoms with van der Waals surface area (Å²) in [6.45, 7) is 1.76. The van der Waals surface area contributed by atoms with Crippen molar-refractivity contribution in [2.45, 2.75) is 12.8 Å². The van der Waals surface area contributed by atoms with E-state index in [4.69, 9.17) is 9.47 Å². The predicted molar refractivity (Wildman–Crippen MR) is 76.2 cm³/mol. The van der Waals surface area contributed by atoms with E-state index in [0.29, 0.717) is 25.4 Å². The second kappa shape index (κ2) is 6.92. The van der Waals surface area contributed by atoms with Crippen LogP contribution in [0.15, 0.2) is 24.3 Å². The Hall–Kier alpha value is -1.31. The van der Waals surface area contributed by atoms with Crippen molar-refractivity contribution in [3.8, 4) is 11.5 Å². The maximum absolute atomic E-state index is 11.9. The molecule has 0 radical (unpaired) electrons. The Labute approximate surface area is 119 Å². The molecule has 1 fully saturated rings. The van der Waals surface area contributed by atoms with Gasteiger partial charge in [0.1, 0.15) is 18.1 Å². The first-order chi connectivity index (χ1) is 9.62. The van der Waals surface area contributed by atoms with Gasteiger partial charge in [0, 0.05) is 19.6 Å². The third-order valence-electron chi connectivity index (χ3n) is 3.12. The summed E-state index contributed by atoms with van der Waals surface area (Å²) in [5, 5.41) is 0. The van der Waals surface area contributed by atoms with E-state index in [1.165, 1.54) is 4.31 Å². The summed E-state index contributed by atoms with van der Waals surface area (Å²) in [6.07, 6.45) is 1.87. The van der Waals surface area contributed by atoms with E-state index in [2.05, 4.69) is 4.72 Å². The Bertz CT molecular complexity index is 510. The first-order valence-electron chi connectivity index (χ1n) is 6.63. The van der Waals surface area contributed by atoms with Crippen molar-refractivity contribution in [3.63, 3.8) is 0 Å². The zero-order valence-electron chi connectivity index (χ0n) is 11.5. The smallest absolute Gasteiger partial charge is 0.279 e. The van der Waals surface area contributed by atoms with Gasteiger partial charge in [0.05, 0.1) is 7.11 Å². The van der Waals surface area contributed by atoms with Crippen LogP contribution in [0.2, 0.25) is 0 Å². The van der Waals surface area contributed by atoms with Crippen molar-refractivity contribution < 1.29 is 17.9 Å². The number of hydrogen-bond acceptors (Lipinski definition) is 4. The number of nitrogens with zero attached hydrogens (tertiary/aromatic N) is 1. The van der Waals surface area contributed by atoms with Crippen LogP contribution in [0.25, 0.3) is 0 Å². The van der Waals surface area contributed by atoms with Crippen LogP contribution in [0.1, 0.15) is 12.8 Å². The minimum Gasteiger partial charge on any atom is -0.497 e. The lowest BCUT2D eigenvalue weighted by Gasteiger charge is -2.16. The van der Waals surface area contributed by atoms with Crippen LogP contribution >= 0.6 is 0 Å². The van der Waals surface area contributed by atoms with Gasteiger partial charge in [-0.15, -0.1) is 0 Å². The number of ether oxygens (including phenoxy) is 2. The average molecular weight is 300 g/mol. The van der Waals surface area contributed by atoms with Crippen LogP contribution in [0, 0.1) is 0 Å². The van der Waals surface area contributed by atoms with Gasteiger partial charge in [-0.3, -0.25) is 0 Å². The van der Waals surface area contributed by atoms with Crippen molar-refractivity contribution in [1.29, 1.82) is 0 Å². The minimum atomic E-state index is -3.34. The highest BCUT2D eigenvalue weighted by atomic mass is 32.2. The predicted octanol–water partition coefficient (Wildman–Crippen LogP) is 1.00. The maximum Gasteiger partial charge on any atom is 0.279 e. The van der Waals surface area contributed by atoms with Gasteiger partial charge >= 0.3 is 0 Å². The van der Waals surface area contributed by atoms with Gasteiger partial charge in [-0.1, -0.05) is 0 Å². The molecule has 1 N–H and O–H groups in total. The van der Waals surface area contributed by atoms with E-state index >= 15 is 0 Å². The zero-order valence-corrected chi connectivity index (χ0v) is 12.4. The van der Waals surface area contributed by atoms with Crippen LogP contribution in [0.4, 0.5) is 0 Å². The minimum absolute atomic E-state index is 0.255. The van der Waals surface area contributed by atoms with E-state index in [9.17, 15) is 8.42 Å². The van der Waals surface area contributed by atoms with Crippen LogP contribution in [-0.4, -0.2) is 46.1 Å². The molecule has 1 aliphatic rings. The SMILES string of the molecule is COc1ccc(OCCNS(=O)(=O)N2CCCC2)cc1. The molecule has 0 bridgehead atoms. The van der Waals surface area contributed by atoms with Gasteiger partial charge in [0.25, 0.3) is 10.2 Å². The first kappa shape index (κ1) is 15.1. The first-order valence-corrected chi connectivity index (χ1v) is 8.07. The molecule has 0 amide bonds. The van der Waals surface area contributed by atoms with Crippen molar-refractivity contribution in [1.82, 2.24) is 9.03 Å². The molecule has 7 heteroatoms. The van der Waals surface area contributed by atoms with E-state index < -0.39 is 10.2 Å². The van der Waals surface area contributed by atoms with Crippen molar-refractivity contribution in [3.05, 3.63) is 24.3 Å². The molecular formula is C13H20N2O4S. The van der Waals surface area contributed by atoms with Gasteiger partial charge < -0.3 is 9.47 Å². The Morgan fingerprint density at radius 2 is 1.75 bits per heavy atom. The highest BCUT2D eigenvalue weighted by Crippen LogP contribution is 2.16. The molecule has 0 aromatic heterocycles. The normalized spacial score (nSPS) is 16.2. The van der Waals surface area contributed by atoms with Gasteiger partial charge in [0.15, 0.2) is 0 Å². The van der Waals surface area contributed by atoms with Crippen LogP contribution in [0.5, 0.6) is 11.5 Å². The highest BCUT2D eigenvalue weighted by Gasteiger charge is 2.24. The Morgan fingerprint density at radius 1 is 1.15 bits per heavy atom. The van der Waals surface area contributed by atoms with Gasteiger partial charge in [-0.2, -0.15) is 17.4 Å². The Balaban J connectivity index is 1.72. The van der Waals surface area contributed by atoms with E-state index in [1.54, 1.807) is 31.4 Å². The summed E-state index contributed by atoms with van der Waals surface area (Å²) >= 11 is 0. The van der Waals surface area contributed by atoms with Crippen LogP contribution < -0.4 is 14.2 Å². The number of methoxy groups -OCH3 is 1. The molecule has 1 heterocycles. The second-order valence-corrected chi connectivity index (χ2v) is 6.28. The molecule has 0 saturated carbocycles. The second-order valence-electron chi connectivity index (χ2n) is 4.53. The average Bonchev–Trinajstić information content (AvgIpc) is 2.99. The number of rotatable bonds is 7. The number of benzene rings is 1. The third kappa shape index (κ3) is 4.09. The Kier molecular flexibility index (Phi) is 5.22. The summed E-state index contributed by atoms with van der Waals surface area (Å²) in [6, 6.07) is 7.16. The van der Waals surface area contributed by atoms with E-state index in [-0.39, 0.29) is 6.54 Å². The molecule has 1 aliphatic heterocycles. The lowest BCUT2D eigenvalue weighted by molar-refractivity contribution is 0.320. The fourth-order valence-corrected chi connectivity index (χ4v) is 3.29. The summed E-state index contributed by atoms with van der Waals surface area (Å²) in [7, 11) is -1.74. The summed E-state index contributed by atoms with van der Waals surface area (Å²) in [5.74, 6) is 1.44. The lowest BCUT2D eigenvalue weighted by atomic mass is 10.3. The summed E-state index contributed by atoms with van der Waals surface area (Å²) < 4.78 is 38.3. The molecule has 6 nitrogen and oxygen atoms in total. The quantitative estimate of drug-likeness (QED) is 0.763. The number of hydrogen-bond donors (Lipinski definition) is 1. The third-order valence-corrected chi connectivity index (χ3v) is 4.73. The summed E-state index contributed by atoms with van der Waals surface area (Å²) in [4.78, 5) is 0. The molecule has 2 rings (SSSR count). The van der Waals surface area contributed by atoms with Gasteiger partial charge in [0.2, 0.25) is 0 Å². The van der Waals surface area contributed by atoms with Crippen LogP contribution in [-0.2, 0) is 10.2 Å². The van der Waals surface area contributed by atoms with Crippen molar-refractivity contribution >= 4 is 10.2 Å². The molecule has 1 aromatic carbocycles. The monoisotopic (exact) mass is 300 g/mol. The van der Waals surface area contributed by atoms with E-state index in [0.717, 1.165) is 18.6 Å². The fraction of sp³-hybridized carbons (Fsp3) is 0.538. The molecule has 0 spiro atoms. The molecule has 20 heavy (non-hydrogen) atoms. The molecule has 0 unspecified atom stereocenters. The van der Waals surface area contributed by atoms with Gasteiger partial charge in [-0.05, 0) is 37.1 Å². The maximum atomic E-state index is 11.9. The largest absolute Gasteiger partial charge is 0.497 e. The highest BCUT2D eigenvalue weighted by molar-refractivity contribution is 7.87. The lowest BCUT2D eigenvalue weighted by Crippen LogP contribution is -2.40. The standard InChI is InChI=1S/C13H20N2O4S/c1-18-12-4-6-13(7-5-12)19-11-8-14-20(16,17)15-9-2-3-10-15/h4-7,14H,2-3,8-11H2,1H3. The topological polar surface area (TPSA) is 67.9 Å². The molecular weight excluding hydrogens is 280 g/mol. The van der Waals surface area contributed by atoms with Crippen molar-refractivity contribution in [2.75, 3.05) is 33.4 Å². The molecule has 0 aliphatic carbocycles. The summed E-state index contributed by atoms with van der Waals surface area (Å²) in [5.41, 5.74) is 0. The molecule has 1 saturated heterocycles.